The molecule has 3 heterocycles. The molecule has 2 saturated heterocycles. The highest BCUT2D eigenvalue weighted by Gasteiger charge is 2.45. The lowest BCUT2D eigenvalue weighted by Crippen LogP contribution is -2.42. The van der Waals surface area contributed by atoms with Crippen LogP contribution in [0.25, 0.3) is 0 Å². The zero-order chi connectivity index (χ0) is 17.2. The summed E-state index contributed by atoms with van der Waals surface area (Å²) in [6.07, 6.45) is 3.82. The molecule has 7 nitrogen and oxygen atoms in total. The molecule has 0 aliphatic carbocycles. The lowest BCUT2D eigenvalue weighted by atomic mass is 9.77. The summed E-state index contributed by atoms with van der Waals surface area (Å²) in [7, 11) is 2.04. The smallest absolute Gasteiger partial charge is 0.251 e. The van der Waals surface area contributed by atoms with Crippen LogP contribution in [0, 0.1) is 12.3 Å². The van der Waals surface area contributed by atoms with Crippen LogP contribution in [0.2, 0.25) is 0 Å². The molecule has 1 aromatic heterocycles. The molecule has 0 aromatic carbocycles. The first kappa shape index (κ1) is 17.1. The number of hydrogen-bond donors (Lipinski definition) is 3. The second-order valence-corrected chi connectivity index (χ2v) is 7.25. The van der Waals surface area contributed by atoms with Gasteiger partial charge in [0.2, 0.25) is 5.91 Å². The van der Waals surface area contributed by atoms with Gasteiger partial charge < -0.3 is 15.6 Å². The summed E-state index contributed by atoms with van der Waals surface area (Å²) >= 11 is 0. The Morgan fingerprint density at radius 2 is 2.21 bits per heavy atom. The third-order valence-electron chi connectivity index (χ3n) is 5.30. The first-order valence-electron chi connectivity index (χ1n) is 8.73. The number of hydrogen-bond acceptors (Lipinski definition) is 5. The van der Waals surface area contributed by atoms with E-state index in [0.29, 0.717) is 29.9 Å². The summed E-state index contributed by atoms with van der Waals surface area (Å²) in [5, 5.41) is 6.42. The molecule has 132 valence electrons. The summed E-state index contributed by atoms with van der Waals surface area (Å²) in [5.41, 5.74) is 0.867. The van der Waals surface area contributed by atoms with Crippen LogP contribution in [0.1, 0.15) is 30.8 Å². The number of likely N-dealkylation sites (N-methyl/N-ethyl adjacent to an activating group) is 1. The van der Waals surface area contributed by atoms with Crippen molar-refractivity contribution in [3.05, 3.63) is 27.9 Å². The number of aromatic amines is 1. The van der Waals surface area contributed by atoms with E-state index in [2.05, 4.69) is 25.5 Å². The Morgan fingerprint density at radius 3 is 2.92 bits per heavy atom. The number of amides is 1. The number of aromatic nitrogens is 2. The molecule has 2 aliphatic heterocycles. The minimum atomic E-state index is -0.146. The number of nitrogens with one attached hydrogen (secondary N) is 3. The average Bonchev–Trinajstić information content (AvgIpc) is 2.83. The zero-order valence-corrected chi connectivity index (χ0v) is 14.5. The fraction of sp³-hybridized carbons (Fsp3) is 0.706. The highest BCUT2D eigenvalue weighted by atomic mass is 16.2. The van der Waals surface area contributed by atoms with Crippen molar-refractivity contribution in [2.45, 2.75) is 38.6 Å². The van der Waals surface area contributed by atoms with E-state index in [1.54, 1.807) is 6.92 Å². The van der Waals surface area contributed by atoms with Crippen molar-refractivity contribution < 1.29 is 4.79 Å². The van der Waals surface area contributed by atoms with Crippen molar-refractivity contribution in [1.82, 2.24) is 25.5 Å². The normalized spacial score (nSPS) is 23.5. The monoisotopic (exact) mass is 333 g/mol. The number of rotatable bonds is 4. The van der Waals surface area contributed by atoms with E-state index >= 15 is 0 Å². The van der Waals surface area contributed by atoms with Gasteiger partial charge in [-0.25, -0.2) is 4.98 Å². The molecule has 1 atom stereocenters. The molecule has 3 N–H and O–H groups in total. The Labute approximate surface area is 142 Å². The van der Waals surface area contributed by atoms with Gasteiger partial charge in [-0.15, -0.1) is 0 Å². The molecular formula is C17H27N5O2. The molecule has 24 heavy (non-hydrogen) atoms. The van der Waals surface area contributed by atoms with E-state index in [1.165, 1.54) is 6.07 Å². The number of likely N-dealkylation sites (tertiary alicyclic amines) is 1. The first-order chi connectivity index (χ1) is 11.5. The van der Waals surface area contributed by atoms with Crippen molar-refractivity contribution in [3.63, 3.8) is 0 Å². The summed E-state index contributed by atoms with van der Waals surface area (Å²) in [5.74, 6) is 0.696. The highest BCUT2D eigenvalue weighted by Crippen LogP contribution is 2.41. The van der Waals surface area contributed by atoms with Crippen LogP contribution in [0.4, 0.5) is 0 Å². The molecule has 0 radical (unpaired) electrons. The van der Waals surface area contributed by atoms with Crippen molar-refractivity contribution in [1.29, 1.82) is 0 Å². The number of H-pyrrole nitrogens is 1. The van der Waals surface area contributed by atoms with Gasteiger partial charge in [0.25, 0.3) is 5.56 Å². The van der Waals surface area contributed by atoms with E-state index in [1.807, 2.05) is 7.05 Å². The second-order valence-electron chi connectivity index (χ2n) is 7.25. The zero-order valence-electron chi connectivity index (χ0n) is 14.5. The SMILES string of the molecule is Cc1nc(CCNC(=O)C2CC3(CCNCC3)CN2C)cc(=O)[nH]1. The molecule has 7 heteroatoms. The van der Waals surface area contributed by atoms with Crippen LogP contribution in [0.5, 0.6) is 0 Å². The predicted octanol–water partition coefficient (Wildman–Crippen LogP) is -0.189. The summed E-state index contributed by atoms with van der Waals surface area (Å²) in [4.78, 5) is 33.1. The van der Waals surface area contributed by atoms with Crippen molar-refractivity contribution in [2.75, 3.05) is 33.2 Å². The number of nitrogens with zero attached hydrogens (tertiary/aromatic N) is 2. The Bertz CT molecular complexity index is 651. The van der Waals surface area contributed by atoms with Gasteiger partial charge in [-0.2, -0.15) is 0 Å². The van der Waals surface area contributed by atoms with Gasteiger partial charge in [-0.1, -0.05) is 0 Å². The van der Waals surface area contributed by atoms with Crippen LogP contribution in [0.3, 0.4) is 0 Å². The number of piperidine rings is 1. The van der Waals surface area contributed by atoms with Gasteiger partial charge in [-0.3, -0.25) is 14.5 Å². The maximum absolute atomic E-state index is 12.5. The van der Waals surface area contributed by atoms with E-state index < -0.39 is 0 Å². The van der Waals surface area contributed by atoms with Crippen LogP contribution in [-0.2, 0) is 11.2 Å². The molecule has 0 saturated carbocycles. The van der Waals surface area contributed by atoms with Crippen LogP contribution in [0.15, 0.2) is 10.9 Å². The van der Waals surface area contributed by atoms with Gasteiger partial charge in [0, 0.05) is 31.3 Å². The average molecular weight is 333 g/mol. The van der Waals surface area contributed by atoms with Crippen LogP contribution in [-0.4, -0.2) is 60.0 Å². The largest absolute Gasteiger partial charge is 0.354 e. The fourth-order valence-electron chi connectivity index (χ4n) is 4.08. The molecular weight excluding hydrogens is 306 g/mol. The predicted molar refractivity (Wildman–Crippen MR) is 91.9 cm³/mol. The minimum Gasteiger partial charge on any atom is -0.354 e. The molecule has 2 aliphatic rings. The van der Waals surface area contributed by atoms with Crippen molar-refractivity contribution in [2.24, 2.45) is 5.41 Å². The third-order valence-corrected chi connectivity index (χ3v) is 5.30. The Kier molecular flexibility index (Phi) is 5.01. The van der Waals surface area contributed by atoms with Crippen molar-refractivity contribution >= 4 is 5.91 Å². The van der Waals surface area contributed by atoms with E-state index in [-0.39, 0.29) is 17.5 Å². The standard InChI is InChI=1S/C17H27N5O2/c1-12-20-13(9-15(23)21-12)3-6-19-16(24)14-10-17(11-22(14)2)4-7-18-8-5-17/h9,14,18H,3-8,10-11H2,1-2H3,(H,19,24)(H,20,21,23). The lowest BCUT2D eigenvalue weighted by Gasteiger charge is -2.33. The van der Waals surface area contributed by atoms with Crippen LogP contribution < -0.4 is 16.2 Å². The lowest BCUT2D eigenvalue weighted by molar-refractivity contribution is -0.125. The highest BCUT2D eigenvalue weighted by molar-refractivity contribution is 5.82. The van der Waals surface area contributed by atoms with E-state index in [9.17, 15) is 9.59 Å². The van der Waals surface area contributed by atoms with Gasteiger partial charge in [0.1, 0.15) is 5.82 Å². The van der Waals surface area contributed by atoms with Crippen molar-refractivity contribution in [3.8, 4) is 0 Å². The minimum absolute atomic E-state index is 0.0445. The number of aryl methyl sites for hydroxylation is 1. The summed E-state index contributed by atoms with van der Waals surface area (Å²) < 4.78 is 0. The molecule has 1 unspecified atom stereocenters. The Morgan fingerprint density at radius 1 is 1.46 bits per heavy atom. The van der Waals surface area contributed by atoms with Gasteiger partial charge >= 0.3 is 0 Å². The van der Waals surface area contributed by atoms with Crippen LogP contribution >= 0.6 is 0 Å². The Hall–Kier alpha value is -1.73. The fourth-order valence-corrected chi connectivity index (χ4v) is 4.08. The van der Waals surface area contributed by atoms with Gasteiger partial charge in [0.05, 0.1) is 6.04 Å². The maximum atomic E-state index is 12.5. The first-order valence-corrected chi connectivity index (χ1v) is 8.73. The topological polar surface area (TPSA) is 90.1 Å². The summed E-state index contributed by atoms with van der Waals surface area (Å²) in [6.45, 7) is 5.37. The molecule has 2 fully saturated rings. The Balaban J connectivity index is 1.52. The summed E-state index contributed by atoms with van der Waals surface area (Å²) in [6, 6.07) is 1.45. The maximum Gasteiger partial charge on any atom is 0.251 e. The molecule has 1 aromatic rings. The van der Waals surface area contributed by atoms with E-state index in [0.717, 1.165) is 38.9 Å². The second kappa shape index (κ2) is 7.03. The number of carbonyl (C=O) groups excluding carboxylic acids is 1. The molecule has 1 amide bonds. The van der Waals surface area contributed by atoms with Gasteiger partial charge in [0.15, 0.2) is 0 Å². The molecule has 3 rings (SSSR count). The molecule has 1 spiro atoms. The van der Waals surface area contributed by atoms with E-state index in [4.69, 9.17) is 0 Å². The molecule has 0 bridgehead atoms. The van der Waals surface area contributed by atoms with Gasteiger partial charge in [-0.05, 0) is 51.7 Å². The third kappa shape index (κ3) is 3.84. The quantitative estimate of drug-likeness (QED) is 0.711. The number of carbonyl (C=O) groups is 1.